The molecule has 6 nitrogen and oxygen atoms in total. The van der Waals surface area contributed by atoms with E-state index >= 15 is 0 Å². The first-order valence-corrected chi connectivity index (χ1v) is 12.0. The van der Waals surface area contributed by atoms with E-state index in [1.807, 2.05) is 29.2 Å². The number of aromatic amines is 1. The monoisotopic (exact) mass is 425 g/mol. The summed E-state index contributed by atoms with van der Waals surface area (Å²) in [5.41, 5.74) is 3.89. The van der Waals surface area contributed by atoms with E-state index in [1.165, 1.54) is 11.1 Å². The normalized spacial score (nSPS) is 15.6. The summed E-state index contributed by atoms with van der Waals surface area (Å²) in [7, 11) is -3.23. The zero-order chi connectivity index (χ0) is 21.1. The summed E-state index contributed by atoms with van der Waals surface area (Å²) in [5, 5.41) is 1.23. The zero-order valence-electron chi connectivity index (χ0n) is 17.1. The van der Waals surface area contributed by atoms with Crippen molar-refractivity contribution in [1.82, 2.24) is 14.6 Å². The number of amides is 1. The number of benzene rings is 2. The van der Waals surface area contributed by atoms with Gasteiger partial charge in [-0.15, -0.1) is 0 Å². The lowest BCUT2D eigenvalue weighted by atomic mass is 9.93. The summed E-state index contributed by atoms with van der Waals surface area (Å²) < 4.78 is 25.7. The van der Waals surface area contributed by atoms with E-state index < -0.39 is 10.0 Å². The van der Waals surface area contributed by atoms with Crippen molar-refractivity contribution in [2.45, 2.75) is 32.2 Å². The Bertz CT molecular complexity index is 1090. The van der Waals surface area contributed by atoms with Gasteiger partial charge in [-0.2, -0.15) is 0 Å². The molecule has 1 fully saturated rings. The van der Waals surface area contributed by atoms with Gasteiger partial charge >= 0.3 is 0 Å². The minimum Gasteiger partial charge on any atom is -0.358 e. The molecule has 1 aromatic heterocycles. The summed E-state index contributed by atoms with van der Waals surface area (Å²) in [6.45, 7) is 3.31. The van der Waals surface area contributed by atoms with Crippen LogP contribution in [-0.2, 0) is 16.6 Å². The van der Waals surface area contributed by atoms with E-state index in [4.69, 9.17) is 0 Å². The number of aromatic nitrogens is 1. The van der Waals surface area contributed by atoms with Crippen molar-refractivity contribution in [1.29, 1.82) is 0 Å². The highest BCUT2D eigenvalue weighted by Gasteiger charge is 2.25. The Morgan fingerprint density at radius 3 is 2.47 bits per heavy atom. The number of carbonyl (C=O) groups is 1. The summed E-state index contributed by atoms with van der Waals surface area (Å²) in [4.78, 5) is 18.3. The Morgan fingerprint density at radius 1 is 1.10 bits per heavy atom. The van der Waals surface area contributed by atoms with Crippen molar-refractivity contribution >= 4 is 26.8 Å². The minimum absolute atomic E-state index is 0.0331. The van der Waals surface area contributed by atoms with E-state index in [0.29, 0.717) is 11.5 Å². The average molecular weight is 426 g/mol. The second-order valence-corrected chi connectivity index (χ2v) is 9.90. The molecule has 1 aliphatic heterocycles. The maximum atomic E-state index is 12.9. The van der Waals surface area contributed by atoms with Crippen molar-refractivity contribution in [2.24, 2.45) is 0 Å². The molecule has 4 rings (SSSR count). The van der Waals surface area contributed by atoms with E-state index in [9.17, 15) is 13.2 Å². The summed E-state index contributed by atoms with van der Waals surface area (Å²) in [5.74, 6) is 0.527. The fourth-order valence-electron chi connectivity index (χ4n) is 3.95. The number of piperidine rings is 1. The molecule has 3 aromatic rings. The first-order valence-electron chi connectivity index (χ1n) is 10.4. The van der Waals surface area contributed by atoms with Crippen LogP contribution >= 0.6 is 0 Å². The van der Waals surface area contributed by atoms with E-state index in [1.54, 1.807) is 19.1 Å². The van der Waals surface area contributed by atoms with Crippen molar-refractivity contribution in [2.75, 3.05) is 18.8 Å². The van der Waals surface area contributed by atoms with Gasteiger partial charge in [0.15, 0.2) is 0 Å². The maximum Gasteiger partial charge on any atom is 0.253 e. The molecule has 2 heterocycles. The predicted molar refractivity (Wildman–Crippen MR) is 119 cm³/mol. The molecule has 2 aromatic carbocycles. The number of rotatable bonds is 6. The molecule has 0 radical (unpaired) electrons. The molecule has 1 amide bonds. The first kappa shape index (κ1) is 20.6. The van der Waals surface area contributed by atoms with Crippen LogP contribution in [0, 0.1) is 0 Å². The van der Waals surface area contributed by atoms with Gasteiger partial charge in [0.05, 0.1) is 5.75 Å². The molecule has 0 spiro atoms. The number of carbonyl (C=O) groups excluding carboxylic acids is 1. The number of sulfonamides is 1. The number of nitrogens with zero attached hydrogens (tertiary/aromatic N) is 1. The molecule has 0 aliphatic carbocycles. The van der Waals surface area contributed by atoms with Crippen molar-refractivity contribution in [3.8, 4) is 0 Å². The number of hydrogen-bond acceptors (Lipinski definition) is 3. The Kier molecular flexibility index (Phi) is 5.92. The van der Waals surface area contributed by atoms with E-state index in [0.717, 1.165) is 37.0 Å². The van der Waals surface area contributed by atoms with Gasteiger partial charge in [0.2, 0.25) is 10.0 Å². The molecule has 30 heavy (non-hydrogen) atoms. The van der Waals surface area contributed by atoms with Gasteiger partial charge in [-0.1, -0.05) is 30.3 Å². The molecule has 1 saturated heterocycles. The number of nitrogens with one attached hydrogen (secondary N) is 2. The van der Waals surface area contributed by atoms with Crippen LogP contribution in [0.15, 0.2) is 54.6 Å². The van der Waals surface area contributed by atoms with E-state index in [2.05, 4.69) is 27.9 Å². The smallest absolute Gasteiger partial charge is 0.253 e. The second-order valence-electron chi connectivity index (χ2n) is 7.80. The lowest BCUT2D eigenvalue weighted by Crippen LogP contribution is -2.38. The van der Waals surface area contributed by atoms with Crippen LogP contribution in [0.5, 0.6) is 0 Å². The molecule has 0 atom stereocenters. The van der Waals surface area contributed by atoms with Gasteiger partial charge in [-0.25, -0.2) is 13.1 Å². The molecule has 158 valence electrons. The van der Waals surface area contributed by atoms with E-state index in [-0.39, 0.29) is 18.2 Å². The Balaban J connectivity index is 1.34. The second kappa shape index (κ2) is 8.62. The lowest BCUT2D eigenvalue weighted by Gasteiger charge is -2.31. The number of fused-ring (bicyclic) bond motifs is 1. The predicted octanol–water partition coefficient (Wildman–Crippen LogP) is 3.63. The fourth-order valence-corrected chi connectivity index (χ4v) is 4.54. The van der Waals surface area contributed by atoms with Crippen LogP contribution < -0.4 is 4.72 Å². The van der Waals surface area contributed by atoms with Crippen molar-refractivity contribution < 1.29 is 13.2 Å². The summed E-state index contributed by atoms with van der Waals surface area (Å²) >= 11 is 0. The Hall–Kier alpha value is -2.64. The molecular formula is C23H27N3O3S. The third-order valence-corrected chi connectivity index (χ3v) is 7.19. The summed E-state index contributed by atoms with van der Waals surface area (Å²) in [6, 6.07) is 17.7. The molecule has 0 saturated carbocycles. The minimum atomic E-state index is -3.23. The highest BCUT2D eigenvalue weighted by Crippen LogP contribution is 2.30. The van der Waals surface area contributed by atoms with Gasteiger partial charge in [0, 0.05) is 42.3 Å². The van der Waals surface area contributed by atoms with Gasteiger partial charge in [0.1, 0.15) is 0 Å². The number of para-hydroxylation sites is 1. The molecule has 0 bridgehead atoms. The largest absolute Gasteiger partial charge is 0.358 e. The van der Waals surface area contributed by atoms with Crippen LogP contribution in [0.2, 0.25) is 0 Å². The Labute approximate surface area is 177 Å². The molecule has 0 unspecified atom stereocenters. The molecule has 1 aliphatic rings. The topological polar surface area (TPSA) is 82.3 Å². The standard InChI is InChI=1S/C23H27N3O3S/c1-2-30(28,29)24-16-17-7-9-19(10-8-17)23(27)26-13-11-18(12-14-26)22-15-20-5-3-4-6-21(20)25-22/h3-10,15,18,24-25H,2,11-14,16H2,1H3. The van der Waals surface area contributed by atoms with Gasteiger partial charge in [-0.05, 0) is 55.0 Å². The maximum absolute atomic E-state index is 12.9. The van der Waals surface area contributed by atoms with Crippen molar-refractivity contribution in [3.63, 3.8) is 0 Å². The van der Waals surface area contributed by atoms with Gasteiger partial charge < -0.3 is 9.88 Å². The van der Waals surface area contributed by atoms with Crippen LogP contribution in [0.4, 0.5) is 0 Å². The van der Waals surface area contributed by atoms with Crippen LogP contribution in [0.3, 0.4) is 0 Å². The Morgan fingerprint density at radius 2 is 1.80 bits per heavy atom. The molecule has 2 N–H and O–H groups in total. The SMILES string of the molecule is CCS(=O)(=O)NCc1ccc(C(=O)N2CCC(c3cc4ccccc4[nH]3)CC2)cc1. The average Bonchev–Trinajstić information content (AvgIpc) is 3.22. The van der Waals surface area contributed by atoms with Crippen LogP contribution in [0.25, 0.3) is 10.9 Å². The number of H-pyrrole nitrogens is 1. The molecule has 7 heteroatoms. The first-order chi connectivity index (χ1) is 14.4. The number of likely N-dealkylation sites (tertiary alicyclic amines) is 1. The third-order valence-electron chi connectivity index (χ3n) is 5.85. The highest BCUT2D eigenvalue weighted by molar-refractivity contribution is 7.89. The highest BCUT2D eigenvalue weighted by atomic mass is 32.2. The zero-order valence-corrected chi connectivity index (χ0v) is 17.9. The number of hydrogen-bond donors (Lipinski definition) is 2. The summed E-state index contributed by atoms with van der Waals surface area (Å²) in [6.07, 6.45) is 1.88. The fraction of sp³-hybridized carbons (Fsp3) is 0.348. The lowest BCUT2D eigenvalue weighted by molar-refractivity contribution is 0.0712. The third kappa shape index (κ3) is 4.57. The van der Waals surface area contributed by atoms with Crippen LogP contribution in [-0.4, -0.2) is 43.1 Å². The molecular weight excluding hydrogens is 398 g/mol. The van der Waals surface area contributed by atoms with Gasteiger partial charge in [0.25, 0.3) is 5.91 Å². The van der Waals surface area contributed by atoms with Crippen LogP contribution in [0.1, 0.15) is 47.3 Å². The van der Waals surface area contributed by atoms with Gasteiger partial charge in [-0.3, -0.25) is 4.79 Å². The van der Waals surface area contributed by atoms with Crippen molar-refractivity contribution in [3.05, 3.63) is 71.4 Å². The quantitative estimate of drug-likeness (QED) is 0.633.